The van der Waals surface area contributed by atoms with Gasteiger partial charge >= 0.3 is 6.03 Å². The first-order chi connectivity index (χ1) is 12.1. The van der Waals surface area contributed by atoms with Crippen molar-refractivity contribution in [1.29, 1.82) is 0 Å². The van der Waals surface area contributed by atoms with Crippen LogP contribution in [0.4, 0.5) is 14.9 Å². The lowest BCUT2D eigenvalue weighted by atomic mass is 10.0. The van der Waals surface area contributed by atoms with Crippen molar-refractivity contribution in [1.82, 2.24) is 5.32 Å². The summed E-state index contributed by atoms with van der Waals surface area (Å²) in [5.74, 6) is 1.93. The standard InChI is InChI=1S/C19H19FN2O3/c1-2-12-25-18-13-15(20)8-9-17(18)22-19(24)21-16(10-11-23)14-6-4-3-5-7-14/h1,3-9,13,16,23H,10-12H2,(H2,21,22,24)/t16-/m1/s1. The van der Waals surface area contributed by atoms with Crippen LogP contribution in [0.1, 0.15) is 18.0 Å². The van der Waals surface area contributed by atoms with Gasteiger partial charge in [-0.3, -0.25) is 0 Å². The molecule has 25 heavy (non-hydrogen) atoms. The molecule has 2 aromatic carbocycles. The van der Waals surface area contributed by atoms with E-state index in [1.165, 1.54) is 12.1 Å². The molecule has 0 bridgehead atoms. The zero-order valence-electron chi connectivity index (χ0n) is 13.5. The second kappa shape index (κ2) is 9.30. The molecule has 2 rings (SSSR count). The van der Waals surface area contributed by atoms with Crippen LogP contribution in [0.15, 0.2) is 48.5 Å². The predicted molar refractivity (Wildman–Crippen MR) is 93.8 cm³/mol. The smallest absolute Gasteiger partial charge is 0.319 e. The average Bonchev–Trinajstić information content (AvgIpc) is 2.62. The Morgan fingerprint density at radius 3 is 2.72 bits per heavy atom. The molecular formula is C19H19FN2O3. The number of carbonyl (C=O) groups excluding carboxylic acids is 1. The molecule has 0 fully saturated rings. The van der Waals surface area contributed by atoms with Gasteiger partial charge in [-0.1, -0.05) is 36.3 Å². The fourth-order valence-corrected chi connectivity index (χ4v) is 2.29. The molecule has 0 aliphatic rings. The molecule has 0 unspecified atom stereocenters. The second-order valence-electron chi connectivity index (χ2n) is 5.21. The topological polar surface area (TPSA) is 70.6 Å². The highest BCUT2D eigenvalue weighted by Crippen LogP contribution is 2.25. The maximum Gasteiger partial charge on any atom is 0.319 e. The average molecular weight is 342 g/mol. The van der Waals surface area contributed by atoms with Gasteiger partial charge in [-0.2, -0.15) is 0 Å². The van der Waals surface area contributed by atoms with Crippen molar-refractivity contribution in [3.63, 3.8) is 0 Å². The number of aliphatic hydroxyl groups is 1. The SMILES string of the molecule is C#CCOc1cc(F)ccc1NC(=O)N[C@H](CCO)c1ccccc1. The summed E-state index contributed by atoms with van der Waals surface area (Å²) in [5, 5.41) is 14.6. The van der Waals surface area contributed by atoms with Crippen molar-refractivity contribution in [2.45, 2.75) is 12.5 Å². The lowest BCUT2D eigenvalue weighted by Gasteiger charge is -2.19. The molecule has 2 aromatic rings. The van der Waals surface area contributed by atoms with Crippen LogP contribution >= 0.6 is 0 Å². The van der Waals surface area contributed by atoms with Gasteiger partial charge in [-0.05, 0) is 24.1 Å². The lowest BCUT2D eigenvalue weighted by molar-refractivity contribution is 0.239. The molecule has 0 aliphatic carbocycles. The van der Waals surface area contributed by atoms with Gasteiger partial charge in [0.1, 0.15) is 18.2 Å². The van der Waals surface area contributed by atoms with Crippen molar-refractivity contribution in [2.75, 3.05) is 18.5 Å². The fraction of sp³-hybridized carbons (Fsp3) is 0.211. The molecule has 3 N–H and O–H groups in total. The van der Waals surface area contributed by atoms with E-state index in [4.69, 9.17) is 11.2 Å². The maximum absolute atomic E-state index is 13.4. The van der Waals surface area contributed by atoms with Gasteiger partial charge in [0.05, 0.1) is 11.7 Å². The minimum Gasteiger partial charge on any atom is -0.479 e. The molecule has 0 heterocycles. The summed E-state index contributed by atoms with van der Waals surface area (Å²) in [6.45, 7) is -0.121. The van der Waals surface area contributed by atoms with Gasteiger partial charge in [0, 0.05) is 12.7 Å². The van der Waals surface area contributed by atoms with Crippen LogP contribution in [-0.2, 0) is 0 Å². The van der Waals surface area contributed by atoms with Crippen LogP contribution in [0.3, 0.4) is 0 Å². The number of terminal acetylenes is 1. The van der Waals surface area contributed by atoms with Crippen molar-refractivity contribution < 1.29 is 19.0 Å². The van der Waals surface area contributed by atoms with E-state index in [2.05, 4.69) is 16.6 Å². The number of ether oxygens (including phenoxy) is 1. The molecule has 2 amide bonds. The summed E-state index contributed by atoms with van der Waals surface area (Å²) in [7, 11) is 0. The summed E-state index contributed by atoms with van der Waals surface area (Å²) in [4.78, 5) is 12.3. The number of carbonyl (C=O) groups is 1. The van der Waals surface area contributed by atoms with Crippen LogP contribution in [-0.4, -0.2) is 24.4 Å². The monoisotopic (exact) mass is 342 g/mol. The molecule has 0 radical (unpaired) electrons. The number of rotatable bonds is 7. The first-order valence-corrected chi connectivity index (χ1v) is 7.73. The zero-order valence-corrected chi connectivity index (χ0v) is 13.5. The fourth-order valence-electron chi connectivity index (χ4n) is 2.29. The van der Waals surface area contributed by atoms with Gasteiger partial charge in [0.25, 0.3) is 0 Å². The summed E-state index contributed by atoms with van der Waals surface area (Å²) in [6, 6.07) is 12.2. The van der Waals surface area contributed by atoms with Gasteiger partial charge in [0.2, 0.25) is 0 Å². The van der Waals surface area contributed by atoms with Gasteiger partial charge < -0.3 is 20.5 Å². The van der Waals surface area contributed by atoms with Crippen molar-refractivity contribution in [2.24, 2.45) is 0 Å². The Balaban J connectivity index is 2.09. The largest absolute Gasteiger partial charge is 0.479 e. The second-order valence-corrected chi connectivity index (χ2v) is 5.21. The Labute approximate surface area is 145 Å². The van der Waals surface area contributed by atoms with Crippen molar-refractivity contribution >= 4 is 11.7 Å². The minimum atomic E-state index is -0.500. The van der Waals surface area contributed by atoms with E-state index in [1.54, 1.807) is 0 Å². The summed E-state index contributed by atoms with van der Waals surface area (Å²) < 4.78 is 18.6. The van der Waals surface area contributed by atoms with Crippen LogP contribution in [0.5, 0.6) is 5.75 Å². The van der Waals surface area contributed by atoms with Crippen LogP contribution < -0.4 is 15.4 Å². The number of halogens is 1. The van der Waals surface area contributed by atoms with Crippen LogP contribution in [0.25, 0.3) is 0 Å². The highest BCUT2D eigenvalue weighted by atomic mass is 19.1. The zero-order chi connectivity index (χ0) is 18.1. The van der Waals surface area contributed by atoms with E-state index in [-0.39, 0.29) is 25.0 Å². The number of nitrogens with one attached hydrogen (secondary N) is 2. The third-order valence-corrected chi connectivity index (χ3v) is 3.43. The summed E-state index contributed by atoms with van der Waals surface area (Å²) in [5.41, 5.74) is 1.17. The summed E-state index contributed by atoms with van der Waals surface area (Å²) >= 11 is 0. The number of anilines is 1. The molecule has 6 heteroatoms. The van der Waals surface area contributed by atoms with E-state index >= 15 is 0 Å². The molecule has 0 spiro atoms. The third kappa shape index (κ3) is 5.52. The Bertz CT molecular complexity index is 744. The molecule has 5 nitrogen and oxygen atoms in total. The van der Waals surface area contributed by atoms with Crippen LogP contribution in [0, 0.1) is 18.2 Å². The molecule has 130 valence electrons. The lowest BCUT2D eigenvalue weighted by Crippen LogP contribution is -2.33. The Morgan fingerprint density at radius 2 is 2.04 bits per heavy atom. The third-order valence-electron chi connectivity index (χ3n) is 3.43. The number of hydrogen-bond acceptors (Lipinski definition) is 3. The Kier molecular flexibility index (Phi) is 6.81. The maximum atomic E-state index is 13.4. The molecule has 0 saturated carbocycles. The van der Waals surface area contributed by atoms with Crippen molar-refractivity contribution in [3.8, 4) is 18.1 Å². The quantitative estimate of drug-likeness (QED) is 0.677. The van der Waals surface area contributed by atoms with Gasteiger partial charge in [-0.25, -0.2) is 9.18 Å². The molecule has 0 aliphatic heterocycles. The number of urea groups is 1. The molecular weight excluding hydrogens is 323 g/mol. The summed E-state index contributed by atoms with van der Waals surface area (Å²) in [6.07, 6.45) is 5.50. The first kappa shape index (κ1) is 18.3. The number of amides is 2. The molecule has 0 aromatic heterocycles. The normalized spacial score (nSPS) is 11.2. The number of hydrogen-bond donors (Lipinski definition) is 3. The van der Waals surface area contributed by atoms with E-state index < -0.39 is 11.8 Å². The molecule has 1 atom stereocenters. The van der Waals surface area contributed by atoms with E-state index in [0.717, 1.165) is 11.6 Å². The highest BCUT2D eigenvalue weighted by molar-refractivity contribution is 5.91. The van der Waals surface area contributed by atoms with Gasteiger partial charge in [-0.15, -0.1) is 6.42 Å². The Morgan fingerprint density at radius 1 is 1.28 bits per heavy atom. The first-order valence-electron chi connectivity index (χ1n) is 7.73. The predicted octanol–water partition coefficient (Wildman–Crippen LogP) is 3.08. The van der Waals surface area contributed by atoms with E-state index in [1.807, 2.05) is 30.3 Å². The highest BCUT2D eigenvalue weighted by Gasteiger charge is 2.15. The number of aliphatic hydroxyl groups excluding tert-OH is 1. The van der Waals surface area contributed by atoms with Gasteiger partial charge in [0.15, 0.2) is 0 Å². The van der Waals surface area contributed by atoms with E-state index in [0.29, 0.717) is 12.1 Å². The van der Waals surface area contributed by atoms with Crippen LogP contribution in [0.2, 0.25) is 0 Å². The number of benzene rings is 2. The van der Waals surface area contributed by atoms with Crippen molar-refractivity contribution in [3.05, 3.63) is 59.9 Å². The molecule has 0 saturated heterocycles. The minimum absolute atomic E-state index is 0.0447. The van der Waals surface area contributed by atoms with E-state index in [9.17, 15) is 14.3 Å². The Hall–Kier alpha value is -3.04.